The SMILES string of the molecule is COCCN(CCOC)c1cc(C(=O)O)c([N+](=O)[O-])cn1. The molecule has 21 heavy (non-hydrogen) atoms. The highest BCUT2D eigenvalue weighted by atomic mass is 16.6. The van der Waals surface area contributed by atoms with Crippen molar-refractivity contribution in [3.63, 3.8) is 0 Å². The largest absolute Gasteiger partial charge is 0.477 e. The molecule has 0 unspecified atom stereocenters. The Morgan fingerprint density at radius 2 is 1.95 bits per heavy atom. The van der Waals surface area contributed by atoms with Gasteiger partial charge in [-0.1, -0.05) is 0 Å². The molecule has 1 aromatic rings. The van der Waals surface area contributed by atoms with Gasteiger partial charge in [-0.3, -0.25) is 10.1 Å². The molecule has 0 saturated carbocycles. The van der Waals surface area contributed by atoms with Crippen molar-refractivity contribution in [1.82, 2.24) is 4.98 Å². The highest BCUT2D eigenvalue weighted by molar-refractivity contribution is 5.93. The summed E-state index contributed by atoms with van der Waals surface area (Å²) < 4.78 is 9.96. The first kappa shape index (κ1) is 16.8. The van der Waals surface area contributed by atoms with Crippen LogP contribution in [0, 0.1) is 10.1 Å². The molecule has 0 spiro atoms. The Morgan fingerprint density at radius 1 is 1.38 bits per heavy atom. The van der Waals surface area contributed by atoms with E-state index in [2.05, 4.69) is 4.98 Å². The zero-order chi connectivity index (χ0) is 15.8. The van der Waals surface area contributed by atoms with Gasteiger partial charge in [0.05, 0.1) is 18.1 Å². The molecule has 0 aliphatic rings. The molecular weight excluding hydrogens is 282 g/mol. The summed E-state index contributed by atoms with van der Waals surface area (Å²) in [5.74, 6) is -1.05. The van der Waals surface area contributed by atoms with Crippen LogP contribution in [0.4, 0.5) is 11.5 Å². The van der Waals surface area contributed by atoms with Crippen molar-refractivity contribution >= 4 is 17.5 Å². The number of methoxy groups -OCH3 is 2. The first-order chi connectivity index (χ1) is 10.0. The van der Waals surface area contributed by atoms with Gasteiger partial charge in [0.1, 0.15) is 17.6 Å². The standard InChI is InChI=1S/C12H17N3O6/c1-20-5-3-14(4-6-21-2)11-7-9(12(16)17)10(8-13-11)15(18)19/h7-8H,3-6H2,1-2H3,(H,16,17). The second-order valence-corrected chi connectivity index (χ2v) is 4.09. The molecule has 0 fully saturated rings. The summed E-state index contributed by atoms with van der Waals surface area (Å²) in [4.78, 5) is 26.9. The van der Waals surface area contributed by atoms with Crippen LogP contribution in [0.3, 0.4) is 0 Å². The number of carboxylic acid groups (broad SMARTS) is 1. The van der Waals surface area contributed by atoms with Crippen LogP contribution in [0.15, 0.2) is 12.3 Å². The Morgan fingerprint density at radius 3 is 2.38 bits per heavy atom. The lowest BCUT2D eigenvalue weighted by Crippen LogP contribution is -2.31. The normalized spacial score (nSPS) is 10.4. The molecule has 0 aromatic carbocycles. The Kier molecular flexibility index (Phi) is 6.50. The molecule has 9 heteroatoms. The quantitative estimate of drug-likeness (QED) is 0.525. The molecule has 0 amide bonds. The molecule has 0 radical (unpaired) electrons. The van der Waals surface area contributed by atoms with Gasteiger partial charge in [0.25, 0.3) is 0 Å². The van der Waals surface area contributed by atoms with Crippen molar-refractivity contribution in [2.24, 2.45) is 0 Å². The third-order valence-electron chi connectivity index (χ3n) is 2.75. The molecular formula is C12H17N3O6. The summed E-state index contributed by atoms with van der Waals surface area (Å²) >= 11 is 0. The van der Waals surface area contributed by atoms with Crippen molar-refractivity contribution in [1.29, 1.82) is 0 Å². The number of carboxylic acids is 1. The average Bonchev–Trinajstić information content (AvgIpc) is 2.46. The predicted molar refractivity (Wildman–Crippen MR) is 73.8 cm³/mol. The number of ether oxygens (including phenoxy) is 2. The van der Waals surface area contributed by atoms with Gasteiger partial charge >= 0.3 is 11.7 Å². The molecule has 0 aliphatic heterocycles. The minimum absolute atomic E-state index is 0.326. The van der Waals surface area contributed by atoms with Crippen molar-refractivity contribution in [3.05, 3.63) is 27.9 Å². The number of pyridine rings is 1. The molecule has 1 heterocycles. The van der Waals surface area contributed by atoms with Gasteiger partial charge in [-0.2, -0.15) is 0 Å². The number of rotatable bonds is 9. The Labute approximate surface area is 121 Å². The summed E-state index contributed by atoms with van der Waals surface area (Å²) in [6, 6.07) is 1.19. The van der Waals surface area contributed by atoms with E-state index in [1.54, 1.807) is 19.1 Å². The van der Waals surface area contributed by atoms with Gasteiger partial charge in [0.15, 0.2) is 0 Å². The van der Waals surface area contributed by atoms with Crippen LogP contribution in [-0.4, -0.2) is 61.5 Å². The zero-order valence-electron chi connectivity index (χ0n) is 11.8. The van der Waals surface area contributed by atoms with Crippen LogP contribution in [0.5, 0.6) is 0 Å². The fourth-order valence-electron chi connectivity index (χ4n) is 1.67. The van der Waals surface area contributed by atoms with Crippen LogP contribution in [0.25, 0.3) is 0 Å². The van der Waals surface area contributed by atoms with Gasteiger partial charge in [0, 0.05) is 33.4 Å². The predicted octanol–water partition coefficient (Wildman–Crippen LogP) is 0.787. The molecule has 0 aliphatic carbocycles. The maximum Gasteiger partial charge on any atom is 0.342 e. The van der Waals surface area contributed by atoms with E-state index in [-0.39, 0.29) is 0 Å². The number of anilines is 1. The van der Waals surface area contributed by atoms with E-state index in [4.69, 9.17) is 14.6 Å². The summed E-state index contributed by atoms with van der Waals surface area (Å²) in [5, 5.41) is 19.9. The summed E-state index contributed by atoms with van der Waals surface area (Å²) in [6.45, 7) is 1.74. The molecule has 1 rings (SSSR count). The number of aromatic nitrogens is 1. The van der Waals surface area contributed by atoms with Crippen LogP contribution in [0.2, 0.25) is 0 Å². The van der Waals surface area contributed by atoms with Gasteiger partial charge < -0.3 is 19.5 Å². The summed E-state index contributed by atoms with van der Waals surface area (Å²) in [7, 11) is 3.08. The molecule has 1 aromatic heterocycles. The van der Waals surface area contributed by atoms with Crippen molar-refractivity contribution in [2.75, 3.05) is 45.4 Å². The molecule has 0 atom stereocenters. The smallest absolute Gasteiger partial charge is 0.342 e. The highest BCUT2D eigenvalue weighted by Gasteiger charge is 2.22. The lowest BCUT2D eigenvalue weighted by Gasteiger charge is -2.23. The van der Waals surface area contributed by atoms with E-state index in [9.17, 15) is 14.9 Å². The van der Waals surface area contributed by atoms with Crippen molar-refractivity contribution in [2.45, 2.75) is 0 Å². The Hall–Kier alpha value is -2.26. The second-order valence-electron chi connectivity index (χ2n) is 4.09. The van der Waals surface area contributed by atoms with Gasteiger partial charge in [0.2, 0.25) is 0 Å². The monoisotopic (exact) mass is 299 g/mol. The lowest BCUT2D eigenvalue weighted by molar-refractivity contribution is -0.385. The van der Waals surface area contributed by atoms with E-state index in [0.717, 1.165) is 6.20 Å². The van der Waals surface area contributed by atoms with E-state index in [1.165, 1.54) is 6.07 Å². The number of hydrogen-bond donors (Lipinski definition) is 1. The first-order valence-corrected chi connectivity index (χ1v) is 6.11. The molecule has 1 N–H and O–H groups in total. The molecule has 9 nitrogen and oxygen atoms in total. The second kappa shape index (κ2) is 8.12. The number of carbonyl (C=O) groups is 1. The molecule has 116 valence electrons. The maximum atomic E-state index is 11.1. The van der Waals surface area contributed by atoms with E-state index < -0.39 is 22.1 Å². The number of nitro groups is 1. The fraction of sp³-hybridized carbons (Fsp3) is 0.500. The number of nitrogens with zero attached hydrogens (tertiary/aromatic N) is 3. The van der Waals surface area contributed by atoms with Gasteiger partial charge in [-0.15, -0.1) is 0 Å². The minimum Gasteiger partial charge on any atom is -0.477 e. The summed E-state index contributed by atoms with van der Waals surface area (Å²) in [6.07, 6.45) is 0.950. The number of aromatic carboxylic acids is 1. The third kappa shape index (κ3) is 4.65. The van der Waals surface area contributed by atoms with E-state index >= 15 is 0 Å². The minimum atomic E-state index is -1.37. The van der Waals surface area contributed by atoms with Crippen LogP contribution < -0.4 is 4.90 Å². The average molecular weight is 299 g/mol. The van der Waals surface area contributed by atoms with E-state index in [1.807, 2.05) is 0 Å². The van der Waals surface area contributed by atoms with Gasteiger partial charge in [-0.05, 0) is 0 Å². The lowest BCUT2D eigenvalue weighted by atomic mass is 10.2. The van der Waals surface area contributed by atoms with Crippen LogP contribution in [0.1, 0.15) is 10.4 Å². The number of hydrogen-bond acceptors (Lipinski definition) is 7. The van der Waals surface area contributed by atoms with Crippen molar-refractivity contribution in [3.8, 4) is 0 Å². The zero-order valence-corrected chi connectivity index (χ0v) is 11.8. The highest BCUT2D eigenvalue weighted by Crippen LogP contribution is 2.22. The fourth-order valence-corrected chi connectivity index (χ4v) is 1.67. The van der Waals surface area contributed by atoms with Crippen molar-refractivity contribution < 1.29 is 24.3 Å². The van der Waals surface area contributed by atoms with Crippen LogP contribution in [-0.2, 0) is 9.47 Å². The third-order valence-corrected chi connectivity index (χ3v) is 2.75. The maximum absolute atomic E-state index is 11.1. The Balaban J connectivity index is 3.10. The van der Waals surface area contributed by atoms with Crippen LogP contribution >= 0.6 is 0 Å². The topological polar surface area (TPSA) is 115 Å². The molecule has 0 saturated heterocycles. The summed E-state index contributed by atoms with van der Waals surface area (Å²) in [5.41, 5.74) is -0.936. The van der Waals surface area contributed by atoms with Gasteiger partial charge in [-0.25, -0.2) is 9.78 Å². The Bertz CT molecular complexity index is 500. The van der Waals surface area contributed by atoms with E-state index in [0.29, 0.717) is 32.1 Å². The molecule has 0 bridgehead atoms. The first-order valence-electron chi connectivity index (χ1n) is 6.11.